The van der Waals surface area contributed by atoms with Gasteiger partial charge >= 0.3 is 15.3 Å². The highest BCUT2D eigenvalue weighted by molar-refractivity contribution is 6.44. The molecule has 0 aromatic rings. The first kappa shape index (κ1) is 12.6. The van der Waals surface area contributed by atoms with Crippen LogP contribution < -0.4 is 0 Å². The molecule has 77 valence electrons. The van der Waals surface area contributed by atoms with Gasteiger partial charge in [0.2, 0.25) is 0 Å². The normalized spacial score (nSPS) is 10.5. The Labute approximate surface area is 79.8 Å². The first-order valence-electron chi connectivity index (χ1n) is 3.85. The van der Waals surface area contributed by atoms with Crippen LogP contribution in [0.15, 0.2) is 0 Å². The van der Waals surface area contributed by atoms with Gasteiger partial charge in [0.25, 0.3) is 0 Å². The van der Waals surface area contributed by atoms with Crippen LogP contribution in [0.4, 0.5) is 0 Å². The first-order valence-corrected chi connectivity index (χ1v) is 5.67. The summed E-state index contributed by atoms with van der Waals surface area (Å²) in [6.45, 7) is 2.55. The topological polar surface area (TPSA) is 54.0 Å². The van der Waals surface area contributed by atoms with Crippen molar-refractivity contribution in [1.29, 1.82) is 0 Å². The summed E-state index contributed by atoms with van der Waals surface area (Å²) in [6.07, 6.45) is 0. The van der Waals surface area contributed by atoms with E-state index in [-0.39, 0.29) is 6.61 Å². The minimum absolute atomic E-state index is 0.0469. The molecule has 0 aliphatic rings. The summed E-state index contributed by atoms with van der Waals surface area (Å²) in [6, 6.07) is 0. The van der Waals surface area contributed by atoms with Gasteiger partial charge < -0.3 is 18.3 Å². The van der Waals surface area contributed by atoms with Crippen LogP contribution in [-0.4, -0.2) is 49.3 Å². The molecule has 5 nitrogen and oxygen atoms in total. The fourth-order valence-corrected chi connectivity index (χ4v) is 0.992. The molecular weight excluding hydrogens is 192 g/mol. The molecule has 1 radical (unpaired) electrons. The fraction of sp³-hybridized carbons (Fsp3) is 0.857. The van der Waals surface area contributed by atoms with E-state index in [9.17, 15) is 4.79 Å². The van der Waals surface area contributed by atoms with Crippen molar-refractivity contribution in [3.63, 3.8) is 0 Å². The molecule has 0 aromatic carbocycles. The number of carbonyl (C=O) groups is 1. The molecule has 0 saturated heterocycles. The molecule has 0 amide bonds. The average molecular weight is 207 g/mol. The van der Waals surface area contributed by atoms with Gasteiger partial charge in [-0.1, -0.05) is 0 Å². The second-order valence-electron chi connectivity index (χ2n) is 2.22. The number of rotatable bonds is 7. The van der Waals surface area contributed by atoms with Gasteiger partial charge in [0.15, 0.2) is 0 Å². The van der Waals surface area contributed by atoms with E-state index in [1.807, 2.05) is 0 Å². The smallest absolute Gasteiger partial charge is 0.456 e. The van der Waals surface area contributed by atoms with Crippen molar-refractivity contribution >= 4 is 15.3 Å². The molecule has 0 N–H and O–H groups in total. The van der Waals surface area contributed by atoms with E-state index in [2.05, 4.69) is 0 Å². The number of hydrogen-bond donors (Lipinski definition) is 0. The second-order valence-corrected chi connectivity index (χ2v) is 3.81. The lowest BCUT2D eigenvalue weighted by molar-refractivity contribution is -0.141. The number of hydrogen-bond acceptors (Lipinski definition) is 5. The van der Waals surface area contributed by atoms with Crippen molar-refractivity contribution in [3.8, 4) is 0 Å². The third-order valence-electron chi connectivity index (χ3n) is 1.20. The standard InChI is InChI=1S/C7H15O5Si/c1-9-4-5-11-6-7(8)12-13(3)10-2/h4-6H2,1-3H3. The quantitative estimate of drug-likeness (QED) is 0.433. The van der Waals surface area contributed by atoms with Gasteiger partial charge in [0, 0.05) is 14.2 Å². The Hall–Kier alpha value is -0.433. The summed E-state index contributed by atoms with van der Waals surface area (Å²) < 4.78 is 19.4. The minimum atomic E-state index is -1.43. The average Bonchev–Trinajstić information content (AvgIpc) is 2.12. The van der Waals surface area contributed by atoms with Gasteiger partial charge in [0.05, 0.1) is 13.2 Å². The van der Waals surface area contributed by atoms with Gasteiger partial charge in [0.1, 0.15) is 6.61 Å². The zero-order valence-corrected chi connectivity index (χ0v) is 9.16. The second kappa shape index (κ2) is 8.18. The molecule has 0 saturated carbocycles. The SMILES string of the molecule is COCCOCC(=O)O[Si](C)OC. The van der Waals surface area contributed by atoms with Gasteiger partial charge in [-0.05, 0) is 6.55 Å². The summed E-state index contributed by atoms with van der Waals surface area (Å²) in [5.41, 5.74) is 0. The van der Waals surface area contributed by atoms with E-state index in [1.165, 1.54) is 7.11 Å². The van der Waals surface area contributed by atoms with Gasteiger partial charge in [-0.15, -0.1) is 0 Å². The molecular formula is C7H15O5Si. The molecule has 0 atom stereocenters. The molecule has 6 heteroatoms. The van der Waals surface area contributed by atoms with E-state index < -0.39 is 15.3 Å². The van der Waals surface area contributed by atoms with Crippen molar-refractivity contribution < 1.29 is 23.1 Å². The van der Waals surface area contributed by atoms with E-state index in [1.54, 1.807) is 13.7 Å². The van der Waals surface area contributed by atoms with Crippen molar-refractivity contribution in [2.24, 2.45) is 0 Å². The first-order chi connectivity index (χ1) is 6.20. The Morgan fingerprint density at radius 3 is 2.54 bits per heavy atom. The van der Waals surface area contributed by atoms with Crippen molar-refractivity contribution in [2.45, 2.75) is 6.55 Å². The Kier molecular flexibility index (Phi) is 7.91. The molecule has 0 rings (SSSR count). The zero-order chi connectivity index (χ0) is 10.1. The number of methoxy groups -OCH3 is 1. The van der Waals surface area contributed by atoms with Crippen LogP contribution in [0.25, 0.3) is 0 Å². The predicted octanol–water partition coefficient (Wildman–Crippen LogP) is -0.0430. The van der Waals surface area contributed by atoms with Crippen molar-refractivity contribution in [3.05, 3.63) is 0 Å². The van der Waals surface area contributed by atoms with Crippen LogP contribution >= 0.6 is 0 Å². The lowest BCUT2D eigenvalue weighted by atomic mass is 10.7. The Bertz CT molecular complexity index is 141. The van der Waals surface area contributed by atoms with Crippen LogP contribution in [0.5, 0.6) is 0 Å². The number of ether oxygens (including phenoxy) is 2. The molecule has 0 bridgehead atoms. The molecule has 0 aromatic heterocycles. The van der Waals surface area contributed by atoms with E-state index >= 15 is 0 Å². The summed E-state index contributed by atoms with van der Waals surface area (Å²) in [5.74, 6) is -0.394. The predicted molar refractivity (Wildman–Crippen MR) is 47.4 cm³/mol. The maximum atomic E-state index is 10.9. The Balaban J connectivity index is 3.30. The summed E-state index contributed by atoms with van der Waals surface area (Å²) in [7, 11) is 1.65. The molecule has 0 aliphatic heterocycles. The summed E-state index contributed by atoms with van der Waals surface area (Å²) in [4.78, 5) is 10.9. The van der Waals surface area contributed by atoms with Gasteiger partial charge in [-0.25, -0.2) is 0 Å². The van der Waals surface area contributed by atoms with E-state index in [4.69, 9.17) is 18.3 Å². The monoisotopic (exact) mass is 207 g/mol. The highest BCUT2D eigenvalue weighted by Crippen LogP contribution is 1.88. The van der Waals surface area contributed by atoms with Gasteiger partial charge in [-0.2, -0.15) is 0 Å². The van der Waals surface area contributed by atoms with Crippen molar-refractivity contribution in [1.82, 2.24) is 0 Å². The van der Waals surface area contributed by atoms with E-state index in [0.717, 1.165) is 0 Å². The van der Waals surface area contributed by atoms with Crippen molar-refractivity contribution in [2.75, 3.05) is 34.0 Å². The minimum Gasteiger partial charge on any atom is -0.490 e. The highest BCUT2D eigenvalue weighted by atomic mass is 28.3. The zero-order valence-electron chi connectivity index (χ0n) is 8.16. The largest absolute Gasteiger partial charge is 0.490 e. The number of carbonyl (C=O) groups excluding carboxylic acids is 1. The molecule has 0 spiro atoms. The highest BCUT2D eigenvalue weighted by Gasteiger charge is 2.12. The third-order valence-corrected chi connectivity index (χ3v) is 2.29. The Morgan fingerprint density at radius 1 is 1.31 bits per heavy atom. The summed E-state index contributed by atoms with van der Waals surface area (Å²) in [5, 5.41) is 0. The maximum Gasteiger partial charge on any atom is 0.456 e. The fourth-order valence-electron chi connectivity index (χ4n) is 0.529. The van der Waals surface area contributed by atoms with E-state index in [0.29, 0.717) is 13.2 Å². The van der Waals surface area contributed by atoms with Crippen LogP contribution in [0.1, 0.15) is 0 Å². The van der Waals surface area contributed by atoms with Crippen LogP contribution in [0, 0.1) is 0 Å². The third kappa shape index (κ3) is 7.91. The molecule has 13 heavy (non-hydrogen) atoms. The van der Waals surface area contributed by atoms with Crippen LogP contribution in [0.3, 0.4) is 0 Å². The van der Waals surface area contributed by atoms with Gasteiger partial charge in [-0.3, -0.25) is 4.79 Å². The lowest BCUT2D eigenvalue weighted by Gasteiger charge is -2.08. The Morgan fingerprint density at radius 2 is 2.00 bits per heavy atom. The summed E-state index contributed by atoms with van der Waals surface area (Å²) >= 11 is 0. The molecule has 0 aliphatic carbocycles. The van der Waals surface area contributed by atoms with Crippen LogP contribution in [0.2, 0.25) is 6.55 Å². The maximum absolute atomic E-state index is 10.9. The lowest BCUT2D eigenvalue weighted by Crippen LogP contribution is -2.24. The molecule has 0 heterocycles. The van der Waals surface area contributed by atoms with Crippen LogP contribution in [-0.2, 0) is 23.1 Å². The molecule has 0 unspecified atom stereocenters. The molecule has 0 fully saturated rings.